The van der Waals surface area contributed by atoms with E-state index in [1.807, 2.05) is 25.1 Å². The molecular formula is C20H27N5O2. The van der Waals surface area contributed by atoms with E-state index < -0.39 is 0 Å². The first-order valence-corrected chi connectivity index (χ1v) is 9.52. The molecule has 4 rings (SSSR count). The molecule has 1 aliphatic heterocycles. The molecule has 0 spiro atoms. The third-order valence-corrected chi connectivity index (χ3v) is 5.50. The van der Waals surface area contributed by atoms with Gasteiger partial charge in [-0.05, 0) is 37.5 Å². The second-order valence-electron chi connectivity index (χ2n) is 7.46. The van der Waals surface area contributed by atoms with Gasteiger partial charge in [0.25, 0.3) is 0 Å². The van der Waals surface area contributed by atoms with E-state index in [0.717, 1.165) is 49.0 Å². The average molecular weight is 369 g/mol. The van der Waals surface area contributed by atoms with E-state index in [0.29, 0.717) is 11.8 Å². The molecule has 7 nitrogen and oxygen atoms in total. The van der Waals surface area contributed by atoms with Crippen LogP contribution in [0.3, 0.4) is 0 Å². The van der Waals surface area contributed by atoms with Crippen molar-refractivity contribution in [1.29, 1.82) is 0 Å². The minimum absolute atomic E-state index is 0.178. The van der Waals surface area contributed by atoms with Crippen molar-refractivity contribution in [2.45, 2.75) is 37.8 Å². The van der Waals surface area contributed by atoms with E-state index in [1.54, 1.807) is 7.11 Å². The number of aliphatic hydroxyl groups excluding tert-OH is 1. The van der Waals surface area contributed by atoms with Crippen LogP contribution in [-0.2, 0) is 0 Å². The highest BCUT2D eigenvalue weighted by Gasteiger charge is 2.31. The van der Waals surface area contributed by atoms with E-state index in [2.05, 4.69) is 38.3 Å². The number of anilines is 1. The summed E-state index contributed by atoms with van der Waals surface area (Å²) < 4.78 is 5.25. The van der Waals surface area contributed by atoms with Gasteiger partial charge < -0.3 is 15.2 Å². The summed E-state index contributed by atoms with van der Waals surface area (Å²) in [6.07, 6.45) is 1.42. The first-order chi connectivity index (χ1) is 13.1. The fraction of sp³-hybridized carbons (Fsp3) is 0.500. The molecule has 4 N–H and O–H groups in total. The summed E-state index contributed by atoms with van der Waals surface area (Å²) in [5.74, 6) is 3.24. The van der Waals surface area contributed by atoms with Crippen LogP contribution >= 0.6 is 0 Å². The van der Waals surface area contributed by atoms with Crippen molar-refractivity contribution in [1.82, 2.24) is 20.8 Å². The van der Waals surface area contributed by atoms with Crippen LogP contribution in [0.1, 0.15) is 41.9 Å². The summed E-state index contributed by atoms with van der Waals surface area (Å²) >= 11 is 0. The molecule has 0 amide bonds. The summed E-state index contributed by atoms with van der Waals surface area (Å²) in [4.78, 5) is 9.08. The van der Waals surface area contributed by atoms with Crippen molar-refractivity contribution in [2.24, 2.45) is 5.92 Å². The largest absolute Gasteiger partial charge is 0.497 e. The fourth-order valence-corrected chi connectivity index (χ4v) is 3.85. The number of methoxy groups -OCH3 is 1. The Morgan fingerprint density at radius 3 is 2.70 bits per heavy atom. The lowest BCUT2D eigenvalue weighted by atomic mass is 9.80. The minimum Gasteiger partial charge on any atom is -0.497 e. The van der Waals surface area contributed by atoms with Crippen molar-refractivity contribution < 1.29 is 9.84 Å². The molecule has 2 unspecified atom stereocenters. The lowest BCUT2D eigenvalue weighted by Gasteiger charge is -2.31. The van der Waals surface area contributed by atoms with Gasteiger partial charge in [-0.3, -0.25) is 5.43 Å². The van der Waals surface area contributed by atoms with Crippen LogP contribution in [0.15, 0.2) is 30.3 Å². The van der Waals surface area contributed by atoms with Crippen LogP contribution < -0.4 is 20.9 Å². The second-order valence-corrected chi connectivity index (χ2v) is 7.46. The Hall–Kier alpha value is -2.22. The molecule has 1 saturated carbocycles. The van der Waals surface area contributed by atoms with Crippen LogP contribution in [-0.4, -0.2) is 41.4 Å². The van der Waals surface area contributed by atoms with E-state index in [9.17, 15) is 5.11 Å². The van der Waals surface area contributed by atoms with Gasteiger partial charge in [0.1, 0.15) is 17.4 Å². The predicted octanol–water partition coefficient (Wildman–Crippen LogP) is 1.91. The van der Waals surface area contributed by atoms with Crippen LogP contribution in [0.2, 0.25) is 0 Å². The van der Waals surface area contributed by atoms with Crippen molar-refractivity contribution in [3.8, 4) is 5.75 Å². The molecule has 1 aliphatic carbocycles. The second kappa shape index (κ2) is 7.80. The molecule has 2 fully saturated rings. The van der Waals surface area contributed by atoms with Gasteiger partial charge in [-0.15, -0.1) is 0 Å². The molecule has 2 atom stereocenters. The first kappa shape index (κ1) is 18.2. The normalized spacial score (nSPS) is 27.2. The lowest BCUT2D eigenvalue weighted by molar-refractivity contribution is 0.0731. The number of ether oxygens (including phenoxy) is 1. The maximum absolute atomic E-state index is 9.55. The zero-order valence-electron chi connectivity index (χ0n) is 15.8. The number of hydrazine groups is 1. The molecule has 0 bridgehead atoms. The first-order valence-electron chi connectivity index (χ1n) is 9.52. The third-order valence-electron chi connectivity index (χ3n) is 5.50. The van der Waals surface area contributed by atoms with Gasteiger partial charge in [-0.2, -0.15) is 0 Å². The highest BCUT2D eigenvalue weighted by atomic mass is 16.5. The highest BCUT2D eigenvalue weighted by molar-refractivity contribution is 5.38. The van der Waals surface area contributed by atoms with Crippen molar-refractivity contribution >= 4 is 5.82 Å². The molecule has 2 aromatic rings. The summed E-state index contributed by atoms with van der Waals surface area (Å²) in [6, 6.07) is 10.4. The van der Waals surface area contributed by atoms with Crippen LogP contribution in [0.25, 0.3) is 0 Å². The average Bonchev–Trinajstić information content (AvgIpc) is 3.12. The molecule has 0 radical (unpaired) electrons. The predicted molar refractivity (Wildman–Crippen MR) is 104 cm³/mol. The Bertz CT molecular complexity index is 776. The van der Waals surface area contributed by atoms with Gasteiger partial charge in [0.05, 0.1) is 19.3 Å². The molecule has 1 aromatic heterocycles. The molecular weight excluding hydrogens is 342 g/mol. The van der Waals surface area contributed by atoms with Gasteiger partial charge in [-0.1, -0.05) is 12.1 Å². The Kier molecular flexibility index (Phi) is 5.24. The summed E-state index contributed by atoms with van der Waals surface area (Å²) in [7, 11) is 1.68. The van der Waals surface area contributed by atoms with Gasteiger partial charge in [0.2, 0.25) is 0 Å². The Morgan fingerprint density at radius 1 is 1.22 bits per heavy atom. The minimum atomic E-state index is -0.178. The Labute approximate surface area is 159 Å². The molecule has 2 aliphatic rings. The summed E-state index contributed by atoms with van der Waals surface area (Å²) in [5.41, 5.74) is 8.90. The Morgan fingerprint density at radius 2 is 2.00 bits per heavy atom. The monoisotopic (exact) mass is 369 g/mol. The molecule has 144 valence electrons. The van der Waals surface area contributed by atoms with Crippen LogP contribution in [0.4, 0.5) is 5.82 Å². The molecule has 7 heteroatoms. The molecule has 1 saturated heterocycles. The van der Waals surface area contributed by atoms with Gasteiger partial charge in [0.15, 0.2) is 0 Å². The van der Waals surface area contributed by atoms with Gasteiger partial charge in [-0.25, -0.2) is 15.4 Å². The van der Waals surface area contributed by atoms with Crippen LogP contribution in [0, 0.1) is 12.8 Å². The van der Waals surface area contributed by atoms with Gasteiger partial charge in [0, 0.05) is 36.7 Å². The number of rotatable bonds is 6. The highest BCUT2D eigenvalue weighted by Crippen LogP contribution is 2.36. The number of hydrogen-bond donors (Lipinski definition) is 4. The topological polar surface area (TPSA) is 91.3 Å². The molecule has 27 heavy (non-hydrogen) atoms. The standard InChI is InChI=1S/C20H27N5O2/c1-12-23-18(14-7-16(26)8-14)9-19(24-12)21-10-15-11-22-25-20(15)13-3-5-17(27-2)6-4-13/h3-6,9,14-16,20,22,25-26H,7-8,10-11H2,1-2H3,(H,21,23,24). The maximum atomic E-state index is 9.55. The van der Waals surface area contributed by atoms with Crippen LogP contribution in [0.5, 0.6) is 5.75 Å². The number of nitrogens with one attached hydrogen (secondary N) is 3. The van der Waals surface area contributed by atoms with E-state index in [-0.39, 0.29) is 12.1 Å². The van der Waals surface area contributed by atoms with Crippen molar-refractivity contribution in [3.63, 3.8) is 0 Å². The number of aromatic nitrogens is 2. The van der Waals surface area contributed by atoms with E-state index in [1.165, 1.54) is 5.56 Å². The number of hydrogen-bond acceptors (Lipinski definition) is 7. The Balaban J connectivity index is 1.41. The smallest absolute Gasteiger partial charge is 0.129 e. The quantitative estimate of drug-likeness (QED) is 0.618. The summed E-state index contributed by atoms with van der Waals surface area (Å²) in [6.45, 7) is 3.61. The van der Waals surface area contributed by atoms with E-state index >= 15 is 0 Å². The van der Waals surface area contributed by atoms with Gasteiger partial charge >= 0.3 is 0 Å². The fourth-order valence-electron chi connectivity index (χ4n) is 3.85. The number of nitrogens with zero attached hydrogens (tertiary/aromatic N) is 2. The SMILES string of the molecule is COc1ccc(C2NNCC2CNc2cc(C3CC(O)C3)nc(C)n2)cc1. The lowest BCUT2D eigenvalue weighted by Crippen LogP contribution is -2.28. The zero-order valence-corrected chi connectivity index (χ0v) is 15.8. The number of aryl methyl sites for hydroxylation is 1. The van der Waals surface area contributed by atoms with Crippen molar-refractivity contribution in [2.75, 3.05) is 25.5 Å². The third kappa shape index (κ3) is 4.05. The molecule has 2 heterocycles. The molecule has 1 aromatic carbocycles. The van der Waals surface area contributed by atoms with Crippen molar-refractivity contribution in [3.05, 3.63) is 47.4 Å². The number of benzene rings is 1. The van der Waals surface area contributed by atoms with E-state index in [4.69, 9.17) is 4.74 Å². The zero-order chi connectivity index (χ0) is 18.8. The number of aliphatic hydroxyl groups is 1. The maximum Gasteiger partial charge on any atom is 0.129 e. The summed E-state index contributed by atoms with van der Waals surface area (Å²) in [5, 5.41) is 13.0.